The highest BCUT2D eigenvalue weighted by Crippen LogP contribution is 2.39. The van der Waals surface area contributed by atoms with Crippen molar-refractivity contribution in [3.05, 3.63) is 182 Å². The first kappa shape index (κ1) is 28.4. The summed E-state index contributed by atoms with van der Waals surface area (Å²) in [6.07, 6.45) is 0. The Labute approximate surface area is 290 Å². The van der Waals surface area contributed by atoms with Crippen LogP contribution in [0.15, 0.2) is 181 Å². The second-order valence-electron chi connectivity index (χ2n) is 12.7. The fourth-order valence-corrected chi connectivity index (χ4v) is 13.8. The van der Waals surface area contributed by atoms with Gasteiger partial charge in [0.25, 0.3) is 0 Å². The Bertz CT molecular complexity index is 2560. The zero-order chi connectivity index (χ0) is 32.4. The van der Waals surface area contributed by atoms with Gasteiger partial charge in [-0.2, -0.15) is 0 Å². The first-order valence-corrected chi connectivity index (χ1v) is 19.7. The molecular formula is C44H31N3SSi. The van der Waals surface area contributed by atoms with Crippen molar-refractivity contribution in [2.24, 2.45) is 0 Å². The zero-order valence-electron chi connectivity index (χ0n) is 26.7. The van der Waals surface area contributed by atoms with E-state index in [1.807, 2.05) is 11.8 Å². The fourth-order valence-electron chi connectivity index (χ4n) is 8.07. The van der Waals surface area contributed by atoms with E-state index in [9.17, 15) is 0 Å². The van der Waals surface area contributed by atoms with Crippen LogP contribution in [0.1, 0.15) is 5.82 Å². The Balaban J connectivity index is 1.25. The summed E-state index contributed by atoms with van der Waals surface area (Å²) in [5.41, 5.74) is 6.94. The number of aromatic nitrogens is 3. The minimum absolute atomic E-state index is 0.870. The van der Waals surface area contributed by atoms with Crippen LogP contribution in [0.5, 0.6) is 0 Å². The van der Waals surface area contributed by atoms with Gasteiger partial charge in [0, 0.05) is 21.4 Å². The summed E-state index contributed by atoms with van der Waals surface area (Å²) in [6.45, 7) is 0. The number of hydrogen-bond acceptors (Lipinski definition) is 2. The van der Waals surface area contributed by atoms with Gasteiger partial charge in [0.2, 0.25) is 0 Å². The average Bonchev–Trinajstić information content (AvgIpc) is 3.72. The number of thioether (sulfide) groups is 1. The molecule has 0 bridgehead atoms. The summed E-state index contributed by atoms with van der Waals surface area (Å²) in [7, 11) is -2.67. The smallest absolute Gasteiger partial charge is 0.179 e. The fraction of sp³-hybridized carbons (Fsp3) is 0.0227. The molecule has 5 heteroatoms. The van der Waals surface area contributed by atoms with E-state index in [1.165, 1.54) is 53.1 Å². The first-order chi connectivity index (χ1) is 24.3. The molecule has 0 saturated heterocycles. The molecule has 0 radical (unpaired) electrons. The molecule has 1 aliphatic rings. The highest BCUT2D eigenvalue weighted by molar-refractivity contribution is 7.98. The number of nitrogens with zero attached hydrogens (tertiary/aromatic N) is 3. The molecule has 0 fully saturated rings. The Kier molecular flexibility index (Phi) is 6.51. The molecule has 0 unspecified atom stereocenters. The summed E-state index contributed by atoms with van der Waals surface area (Å²) in [6, 6.07) is 65.1. The third-order valence-corrected chi connectivity index (χ3v) is 16.0. The normalized spacial score (nSPS) is 12.7. The van der Waals surface area contributed by atoms with Crippen LogP contribution in [-0.2, 0) is 5.75 Å². The van der Waals surface area contributed by atoms with Crippen molar-refractivity contribution in [3.8, 4) is 11.4 Å². The number of para-hydroxylation sites is 2. The van der Waals surface area contributed by atoms with Crippen molar-refractivity contribution in [1.82, 2.24) is 14.1 Å². The third kappa shape index (κ3) is 4.26. The van der Waals surface area contributed by atoms with Gasteiger partial charge in [-0.05, 0) is 63.2 Å². The summed E-state index contributed by atoms with van der Waals surface area (Å²) >= 11 is 1.87. The van der Waals surface area contributed by atoms with Gasteiger partial charge >= 0.3 is 0 Å². The van der Waals surface area contributed by atoms with E-state index in [1.54, 1.807) is 0 Å². The SMILES string of the molecule is c1ccc([Si](c2ccccc2)(c2ccccc2)c2ccc3c(c2)c2ccccc2n3-c2ccc3nc4n(c3c2)-c2ccccc2SC4)cc1. The maximum atomic E-state index is 5.06. The van der Waals surface area contributed by atoms with Gasteiger partial charge in [-0.3, -0.25) is 4.57 Å². The Morgan fingerprint density at radius 2 is 1.08 bits per heavy atom. The lowest BCUT2D eigenvalue weighted by Gasteiger charge is -2.34. The zero-order valence-corrected chi connectivity index (χ0v) is 28.5. The van der Waals surface area contributed by atoms with Crippen molar-refractivity contribution < 1.29 is 0 Å². The maximum Gasteiger partial charge on any atom is 0.179 e. The lowest BCUT2D eigenvalue weighted by atomic mass is 10.1. The van der Waals surface area contributed by atoms with Crippen molar-refractivity contribution in [3.63, 3.8) is 0 Å². The molecule has 49 heavy (non-hydrogen) atoms. The van der Waals surface area contributed by atoms with E-state index in [0.29, 0.717) is 0 Å². The maximum absolute atomic E-state index is 5.06. The van der Waals surface area contributed by atoms with Gasteiger partial charge in [0.15, 0.2) is 8.07 Å². The van der Waals surface area contributed by atoms with E-state index in [4.69, 9.17) is 4.98 Å². The Morgan fingerprint density at radius 3 is 1.80 bits per heavy atom. The molecule has 0 amide bonds. The lowest BCUT2D eigenvalue weighted by Crippen LogP contribution is -2.74. The van der Waals surface area contributed by atoms with Gasteiger partial charge < -0.3 is 4.57 Å². The first-order valence-electron chi connectivity index (χ1n) is 16.7. The standard InChI is InChI=1S/C44H31N3SSi/c1-4-14-32(15-5-1)49(33-16-6-2-7-17-33,34-18-8-3-9-19-34)35-25-27-40-37(29-35)36-20-10-11-21-39(36)46(40)31-24-26-38-42(28-31)47-41-22-12-13-23-43(41)48-30-44(47)45-38/h1-29H,30H2. The number of imidazole rings is 1. The van der Waals surface area contributed by atoms with E-state index in [2.05, 4.69) is 185 Å². The minimum Gasteiger partial charge on any atom is -0.309 e. The van der Waals surface area contributed by atoms with Crippen LogP contribution in [0.25, 0.3) is 44.2 Å². The summed E-state index contributed by atoms with van der Waals surface area (Å²) in [4.78, 5) is 6.36. The monoisotopic (exact) mass is 661 g/mol. The third-order valence-electron chi connectivity index (χ3n) is 10.2. The molecular weight excluding hydrogens is 631 g/mol. The van der Waals surface area contributed by atoms with Gasteiger partial charge in [0.1, 0.15) is 5.82 Å². The molecule has 0 aliphatic carbocycles. The molecule has 3 nitrogen and oxygen atoms in total. The largest absolute Gasteiger partial charge is 0.309 e. The summed E-state index contributed by atoms with van der Waals surface area (Å²) < 4.78 is 4.80. The molecule has 1 aliphatic heterocycles. The van der Waals surface area contributed by atoms with E-state index in [0.717, 1.165) is 28.3 Å². The summed E-state index contributed by atoms with van der Waals surface area (Å²) in [5.74, 6) is 1.97. The minimum atomic E-state index is -2.67. The molecule has 3 heterocycles. The molecule has 7 aromatic carbocycles. The molecule has 0 N–H and O–H groups in total. The van der Waals surface area contributed by atoms with E-state index < -0.39 is 8.07 Å². The van der Waals surface area contributed by atoms with Crippen LogP contribution in [-0.4, -0.2) is 22.2 Å². The predicted octanol–water partition coefficient (Wildman–Crippen LogP) is 8.11. The molecule has 2 aromatic heterocycles. The number of benzene rings is 7. The molecule has 9 aromatic rings. The topological polar surface area (TPSA) is 22.8 Å². The van der Waals surface area contributed by atoms with E-state index in [-0.39, 0.29) is 0 Å². The predicted molar refractivity (Wildman–Crippen MR) is 209 cm³/mol. The van der Waals surface area contributed by atoms with E-state index >= 15 is 0 Å². The van der Waals surface area contributed by atoms with Crippen molar-refractivity contribution in [2.45, 2.75) is 10.6 Å². The summed E-state index contributed by atoms with van der Waals surface area (Å²) in [5, 5.41) is 8.04. The second-order valence-corrected chi connectivity index (χ2v) is 17.6. The number of fused-ring (bicyclic) bond motifs is 8. The van der Waals surface area contributed by atoms with Crippen molar-refractivity contribution in [2.75, 3.05) is 0 Å². The van der Waals surface area contributed by atoms with Crippen LogP contribution in [0, 0.1) is 0 Å². The molecule has 10 rings (SSSR count). The Hall–Kier alpha value is -5.62. The van der Waals surface area contributed by atoms with Gasteiger partial charge in [-0.1, -0.05) is 133 Å². The van der Waals surface area contributed by atoms with Crippen molar-refractivity contribution in [1.29, 1.82) is 0 Å². The van der Waals surface area contributed by atoms with Crippen LogP contribution < -0.4 is 20.7 Å². The Morgan fingerprint density at radius 1 is 0.469 bits per heavy atom. The highest BCUT2D eigenvalue weighted by atomic mass is 32.2. The highest BCUT2D eigenvalue weighted by Gasteiger charge is 2.41. The van der Waals surface area contributed by atoms with Crippen LogP contribution in [0.3, 0.4) is 0 Å². The molecule has 232 valence electrons. The number of rotatable bonds is 5. The molecule has 0 spiro atoms. The van der Waals surface area contributed by atoms with Crippen molar-refractivity contribution >= 4 is 73.4 Å². The quantitative estimate of drug-likeness (QED) is 0.137. The van der Waals surface area contributed by atoms with Gasteiger partial charge in [-0.25, -0.2) is 4.98 Å². The second kappa shape index (κ2) is 11.2. The van der Waals surface area contributed by atoms with Gasteiger partial charge in [-0.15, -0.1) is 11.8 Å². The van der Waals surface area contributed by atoms with Gasteiger partial charge in [0.05, 0.1) is 33.5 Å². The average molecular weight is 662 g/mol. The lowest BCUT2D eigenvalue weighted by molar-refractivity contribution is 0.945. The molecule has 0 atom stereocenters. The van der Waals surface area contributed by atoms with Crippen LogP contribution >= 0.6 is 11.8 Å². The molecule has 0 saturated carbocycles. The van der Waals surface area contributed by atoms with Crippen LogP contribution in [0.2, 0.25) is 0 Å². The number of hydrogen-bond donors (Lipinski definition) is 0. The van der Waals surface area contributed by atoms with Crippen LogP contribution in [0.4, 0.5) is 0 Å².